The van der Waals surface area contributed by atoms with Gasteiger partial charge in [0.25, 0.3) is 0 Å². The van der Waals surface area contributed by atoms with E-state index < -0.39 is 0 Å². The Balaban J connectivity index is 1.79. The third-order valence-electron chi connectivity index (χ3n) is 6.35. The van der Waals surface area contributed by atoms with Crippen LogP contribution in [0.4, 0.5) is 10.2 Å². The van der Waals surface area contributed by atoms with Crippen molar-refractivity contribution in [2.45, 2.75) is 46.0 Å². The first-order chi connectivity index (χ1) is 16.4. The maximum Gasteiger partial charge on any atom is 0.248 e. The minimum absolute atomic E-state index is 0.00903. The molecule has 8 nitrogen and oxygen atoms in total. The Bertz CT molecular complexity index is 1150. The maximum atomic E-state index is 13.6. The van der Waals surface area contributed by atoms with Crippen LogP contribution in [0.1, 0.15) is 50.5 Å². The average Bonchev–Trinajstić information content (AvgIpc) is 2.99. The SMILES string of the molecule is CCCC(C)c1nc(N2CCCN(C(=O)COC)CC2)c2c(C)nn(-c3ccc(F)cc3)c2n1. The Morgan fingerprint density at radius 2 is 1.91 bits per heavy atom. The van der Waals surface area contributed by atoms with Gasteiger partial charge >= 0.3 is 0 Å². The smallest absolute Gasteiger partial charge is 0.248 e. The predicted molar refractivity (Wildman–Crippen MR) is 130 cm³/mol. The van der Waals surface area contributed by atoms with E-state index in [1.165, 1.54) is 12.1 Å². The van der Waals surface area contributed by atoms with E-state index in [1.54, 1.807) is 23.9 Å². The highest BCUT2D eigenvalue weighted by Crippen LogP contribution is 2.32. The maximum absolute atomic E-state index is 13.6. The van der Waals surface area contributed by atoms with E-state index in [2.05, 4.69) is 18.7 Å². The Hall–Kier alpha value is -3.07. The topological polar surface area (TPSA) is 76.4 Å². The molecule has 1 aliphatic rings. The van der Waals surface area contributed by atoms with Crippen LogP contribution in [0.15, 0.2) is 24.3 Å². The first-order valence-electron chi connectivity index (χ1n) is 12.0. The number of carbonyl (C=O) groups is 1. The van der Waals surface area contributed by atoms with Gasteiger partial charge < -0.3 is 14.5 Å². The molecule has 1 amide bonds. The van der Waals surface area contributed by atoms with Crippen LogP contribution in [0, 0.1) is 12.7 Å². The van der Waals surface area contributed by atoms with Crippen LogP contribution in [0.25, 0.3) is 16.7 Å². The lowest BCUT2D eigenvalue weighted by Gasteiger charge is -2.24. The highest BCUT2D eigenvalue weighted by molar-refractivity contribution is 5.91. The summed E-state index contributed by atoms with van der Waals surface area (Å²) in [6.07, 6.45) is 2.86. The van der Waals surface area contributed by atoms with Crippen LogP contribution in [0.3, 0.4) is 0 Å². The normalized spacial score (nSPS) is 15.6. The standard InChI is InChI=1S/C25H33FN6O2/c1-5-7-17(2)23-27-24(31-13-6-12-30(14-15-31)21(33)16-34-4)22-18(3)29-32(25(22)28-23)20-10-8-19(26)9-11-20/h8-11,17H,5-7,12-16H2,1-4H3. The number of halogens is 1. The van der Waals surface area contributed by atoms with Crippen molar-refractivity contribution in [3.05, 3.63) is 41.6 Å². The Kier molecular flexibility index (Phi) is 7.41. The first-order valence-corrected chi connectivity index (χ1v) is 12.0. The minimum Gasteiger partial charge on any atom is -0.375 e. The summed E-state index contributed by atoms with van der Waals surface area (Å²) < 4.78 is 20.4. The third kappa shape index (κ3) is 4.89. The van der Waals surface area contributed by atoms with Crippen molar-refractivity contribution in [1.82, 2.24) is 24.6 Å². The molecule has 0 aliphatic carbocycles. The molecule has 1 fully saturated rings. The van der Waals surface area contributed by atoms with Gasteiger partial charge in [-0.1, -0.05) is 20.3 Å². The highest BCUT2D eigenvalue weighted by Gasteiger charge is 2.26. The third-order valence-corrected chi connectivity index (χ3v) is 6.35. The molecule has 1 atom stereocenters. The molecular formula is C25H33FN6O2. The van der Waals surface area contributed by atoms with E-state index in [0.717, 1.165) is 59.9 Å². The van der Waals surface area contributed by atoms with Crippen LogP contribution in [-0.4, -0.2) is 70.5 Å². The van der Waals surface area contributed by atoms with E-state index in [0.29, 0.717) is 19.6 Å². The number of hydrogen-bond donors (Lipinski definition) is 0. The van der Waals surface area contributed by atoms with Crippen molar-refractivity contribution in [2.24, 2.45) is 0 Å². The first kappa shape index (κ1) is 24.1. The van der Waals surface area contributed by atoms with Gasteiger partial charge in [0.1, 0.15) is 24.1 Å². The lowest BCUT2D eigenvalue weighted by atomic mass is 10.1. The summed E-state index contributed by atoms with van der Waals surface area (Å²) in [5, 5.41) is 5.66. The van der Waals surface area contributed by atoms with E-state index in [-0.39, 0.29) is 24.2 Å². The molecule has 3 heterocycles. The number of methoxy groups -OCH3 is 1. The van der Waals surface area contributed by atoms with E-state index >= 15 is 0 Å². The van der Waals surface area contributed by atoms with Gasteiger partial charge in [0.15, 0.2) is 5.65 Å². The molecule has 9 heteroatoms. The number of carbonyl (C=O) groups excluding carboxylic acids is 1. The van der Waals surface area contributed by atoms with Crippen LogP contribution in [0.2, 0.25) is 0 Å². The fourth-order valence-electron chi connectivity index (χ4n) is 4.55. The molecule has 4 rings (SSSR count). The molecule has 0 N–H and O–H groups in total. The predicted octanol–water partition coefficient (Wildman–Crippen LogP) is 3.85. The van der Waals surface area contributed by atoms with Gasteiger partial charge in [-0.3, -0.25) is 4.79 Å². The number of nitrogens with zero attached hydrogens (tertiary/aromatic N) is 6. The molecule has 3 aromatic rings. The lowest BCUT2D eigenvalue weighted by Crippen LogP contribution is -2.37. The molecule has 0 radical (unpaired) electrons. The van der Waals surface area contributed by atoms with Crippen molar-refractivity contribution in [3.8, 4) is 5.69 Å². The molecule has 0 bridgehead atoms. The number of aryl methyl sites for hydroxylation is 1. The van der Waals surface area contributed by atoms with Gasteiger partial charge in [0.05, 0.1) is 16.8 Å². The second kappa shape index (κ2) is 10.5. The minimum atomic E-state index is -0.290. The summed E-state index contributed by atoms with van der Waals surface area (Å²) in [5.41, 5.74) is 2.30. The molecule has 1 aromatic carbocycles. The van der Waals surface area contributed by atoms with E-state index in [1.807, 2.05) is 11.8 Å². The van der Waals surface area contributed by atoms with Gasteiger partial charge in [-0.25, -0.2) is 19.0 Å². The fourth-order valence-corrected chi connectivity index (χ4v) is 4.55. The number of rotatable bonds is 7. The quantitative estimate of drug-likeness (QED) is 0.524. The molecular weight excluding hydrogens is 435 g/mol. The summed E-state index contributed by atoms with van der Waals surface area (Å²) in [4.78, 5) is 26.5. The fraction of sp³-hybridized carbons (Fsp3) is 0.520. The molecule has 182 valence electrons. The van der Waals surface area contributed by atoms with E-state index in [9.17, 15) is 9.18 Å². The number of benzene rings is 1. The lowest BCUT2D eigenvalue weighted by molar-refractivity contribution is -0.134. The monoisotopic (exact) mass is 468 g/mol. The number of anilines is 1. The molecule has 0 spiro atoms. The average molecular weight is 469 g/mol. The van der Waals surface area contributed by atoms with Crippen LogP contribution in [0.5, 0.6) is 0 Å². The molecule has 0 saturated carbocycles. The van der Waals surface area contributed by atoms with Gasteiger partial charge in [0, 0.05) is 39.2 Å². The van der Waals surface area contributed by atoms with Crippen molar-refractivity contribution >= 4 is 22.8 Å². The zero-order chi connectivity index (χ0) is 24.2. The largest absolute Gasteiger partial charge is 0.375 e. The molecule has 1 saturated heterocycles. The van der Waals surface area contributed by atoms with Gasteiger partial charge in [-0.15, -0.1) is 0 Å². The number of hydrogen-bond acceptors (Lipinski definition) is 6. The van der Waals surface area contributed by atoms with Crippen molar-refractivity contribution in [1.29, 1.82) is 0 Å². The zero-order valence-corrected chi connectivity index (χ0v) is 20.4. The van der Waals surface area contributed by atoms with Gasteiger partial charge in [-0.05, 0) is 44.0 Å². The summed E-state index contributed by atoms with van der Waals surface area (Å²) in [6, 6.07) is 6.29. The van der Waals surface area contributed by atoms with Crippen LogP contribution in [-0.2, 0) is 9.53 Å². The second-order valence-corrected chi connectivity index (χ2v) is 8.92. The molecule has 34 heavy (non-hydrogen) atoms. The van der Waals surface area contributed by atoms with Gasteiger partial charge in [-0.2, -0.15) is 5.10 Å². The van der Waals surface area contributed by atoms with Gasteiger partial charge in [0.2, 0.25) is 5.91 Å². The number of fused-ring (bicyclic) bond motifs is 1. The van der Waals surface area contributed by atoms with E-state index in [4.69, 9.17) is 19.8 Å². The second-order valence-electron chi connectivity index (χ2n) is 8.92. The van der Waals surface area contributed by atoms with Crippen molar-refractivity contribution in [3.63, 3.8) is 0 Å². The Morgan fingerprint density at radius 3 is 2.62 bits per heavy atom. The summed E-state index contributed by atoms with van der Waals surface area (Å²) in [7, 11) is 1.54. The Morgan fingerprint density at radius 1 is 1.15 bits per heavy atom. The van der Waals surface area contributed by atoms with Crippen molar-refractivity contribution in [2.75, 3.05) is 44.8 Å². The summed E-state index contributed by atoms with van der Waals surface area (Å²) >= 11 is 0. The van der Waals surface area contributed by atoms with Crippen molar-refractivity contribution < 1.29 is 13.9 Å². The number of aromatic nitrogens is 4. The summed E-state index contributed by atoms with van der Waals surface area (Å²) in [5.74, 6) is 1.55. The van der Waals surface area contributed by atoms with Crippen LogP contribution < -0.4 is 4.90 Å². The Labute approximate surface area is 199 Å². The highest BCUT2D eigenvalue weighted by atomic mass is 19.1. The summed E-state index contributed by atoms with van der Waals surface area (Å²) in [6.45, 7) is 9.11. The number of ether oxygens (including phenoxy) is 1. The molecule has 1 aliphatic heterocycles. The number of amides is 1. The zero-order valence-electron chi connectivity index (χ0n) is 20.4. The van der Waals surface area contributed by atoms with Crippen LogP contribution >= 0.6 is 0 Å². The molecule has 2 aromatic heterocycles. The molecule has 1 unspecified atom stereocenters.